The number of H-pyrrole nitrogens is 1. The minimum absolute atomic E-state index is 0.252. The predicted molar refractivity (Wildman–Crippen MR) is 113 cm³/mol. The van der Waals surface area contributed by atoms with Gasteiger partial charge in [-0.2, -0.15) is 0 Å². The first-order chi connectivity index (χ1) is 13.8. The van der Waals surface area contributed by atoms with Gasteiger partial charge in [0.25, 0.3) is 0 Å². The van der Waals surface area contributed by atoms with Crippen LogP contribution in [0.25, 0.3) is 22.0 Å². The van der Waals surface area contributed by atoms with E-state index in [9.17, 15) is 9.18 Å². The Morgan fingerprint density at radius 3 is 2.83 bits per heavy atom. The fourth-order valence-corrected chi connectivity index (χ4v) is 3.52. The molecule has 1 amide bonds. The number of hydrogen-bond acceptors (Lipinski definition) is 3. The average Bonchev–Trinajstić information content (AvgIpc) is 3.07. The van der Waals surface area contributed by atoms with Gasteiger partial charge < -0.3 is 15.0 Å². The summed E-state index contributed by atoms with van der Waals surface area (Å²) in [5.74, 6) is -0.252. The molecule has 1 aromatic heterocycles. The van der Waals surface area contributed by atoms with Crippen LogP contribution in [0.3, 0.4) is 0 Å². The molecule has 4 rings (SSSR count). The molecular formula is C23H24FN3O2. The van der Waals surface area contributed by atoms with Crippen LogP contribution in [-0.4, -0.2) is 28.9 Å². The zero-order valence-corrected chi connectivity index (χ0v) is 16.8. The van der Waals surface area contributed by atoms with Gasteiger partial charge in [-0.05, 0) is 75.1 Å². The van der Waals surface area contributed by atoms with E-state index in [1.54, 1.807) is 6.07 Å². The van der Waals surface area contributed by atoms with Gasteiger partial charge in [0.15, 0.2) is 0 Å². The lowest BCUT2D eigenvalue weighted by molar-refractivity contribution is 0.0536. The molecule has 5 nitrogen and oxygen atoms in total. The molecular weight excluding hydrogens is 369 g/mol. The summed E-state index contributed by atoms with van der Waals surface area (Å²) in [4.78, 5) is 19.7. The second kappa shape index (κ2) is 7.35. The number of benzene rings is 2. The van der Waals surface area contributed by atoms with Crippen molar-refractivity contribution in [2.24, 2.45) is 4.99 Å². The van der Waals surface area contributed by atoms with Crippen molar-refractivity contribution in [3.05, 3.63) is 54.0 Å². The molecule has 0 spiro atoms. The van der Waals surface area contributed by atoms with Gasteiger partial charge in [-0.15, -0.1) is 0 Å². The summed E-state index contributed by atoms with van der Waals surface area (Å²) in [7, 11) is 0. The molecule has 6 heteroatoms. The number of carbonyl (C=O) groups is 1. The normalized spacial score (nSPS) is 13.7. The Morgan fingerprint density at radius 2 is 2.03 bits per heavy atom. The first kappa shape index (κ1) is 19.2. The largest absolute Gasteiger partial charge is 0.444 e. The topological polar surface area (TPSA) is 66.5 Å². The van der Waals surface area contributed by atoms with E-state index in [0.717, 1.165) is 46.3 Å². The number of aliphatic imine (C=N–C) groups is 1. The minimum atomic E-state index is -0.518. The Balaban J connectivity index is 1.51. The highest BCUT2D eigenvalue weighted by atomic mass is 19.1. The number of aromatic nitrogens is 1. The Morgan fingerprint density at radius 1 is 1.21 bits per heavy atom. The fourth-order valence-electron chi connectivity index (χ4n) is 3.52. The molecule has 0 unspecified atom stereocenters. The number of halogens is 1. The molecule has 2 N–H and O–H groups in total. The van der Waals surface area contributed by atoms with Crippen LogP contribution < -0.4 is 5.32 Å². The number of aryl methyl sites for hydroxylation is 1. The Kier molecular flexibility index (Phi) is 4.86. The van der Waals surface area contributed by atoms with Crippen molar-refractivity contribution >= 4 is 28.4 Å². The van der Waals surface area contributed by atoms with Gasteiger partial charge in [-0.25, -0.2) is 9.18 Å². The maximum Gasteiger partial charge on any atom is 0.407 e. The molecule has 0 bridgehead atoms. The summed E-state index contributed by atoms with van der Waals surface area (Å²) in [5, 5.41) is 3.76. The molecule has 1 aliphatic heterocycles. The maximum atomic E-state index is 13.4. The lowest BCUT2D eigenvalue weighted by atomic mass is 9.96. The Labute approximate surface area is 169 Å². The van der Waals surface area contributed by atoms with Crippen LogP contribution in [0.15, 0.2) is 47.6 Å². The van der Waals surface area contributed by atoms with Crippen molar-refractivity contribution in [1.29, 1.82) is 0 Å². The molecule has 150 valence electrons. The second-order valence-electron chi connectivity index (χ2n) is 8.27. The summed E-state index contributed by atoms with van der Waals surface area (Å²) in [5.41, 5.74) is 5.41. The van der Waals surface area contributed by atoms with Crippen LogP contribution in [0.4, 0.5) is 14.9 Å². The highest BCUT2D eigenvalue weighted by Gasteiger charge is 2.18. The van der Waals surface area contributed by atoms with Crippen molar-refractivity contribution in [1.82, 2.24) is 10.3 Å². The van der Waals surface area contributed by atoms with Gasteiger partial charge in [-0.3, -0.25) is 4.99 Å². The summed E-state index contributed by atoms with van der Waals surface area (Å²) < 4.78 is 18.7. The number of hydrogen-bond donors (Lipinski definition) is 2. The van der Waals surface area contributed by atoms with E-state index in [2.05, 4.69) is 16.4 Å². The van der Waals surface area contributed by atoms with Gasteiger partial charge in [-0.1, -0.05) is 6.07 Å². The monoisotopic (exact) mass is 393 g/mol. The number of carbonyl (C=O) groups excluding carboxylic acids is 1. The van der Waals surface area contributed by atoms with Crippen molar-refractivity contribution in [2.75, 3.05) is 6.54 Å². The third kappa shape index (κ3) is 4.31. The quantitative estimate of drug-likeness (QED) is 0.615. The molecule has 1 aliphatic rings. The number of nitrogens with zero attached hydrogens (tertiary/aromatic N) is 1. The summed E-state index contributed by atoms with van der Waals surface area (Å²) >= 11 is 0. The van der Waals surface area contributed by atoms with E-state index >= 15 is 0 Å². The SMILES string of the molecule is CC(C)(C)OC(=O)NCC1=Nc2ccc(-c3c[nH]c4cc(F)ccc34)cc2CC1. The number of nitrogens with one attached hydrogen (secondary N) is 2. The number of alkyl carbamates (subject to hydrolysis) is 1. The van der Waals surface area contributed by atoms with Crippen molar-refractivity contribution in [2.45, 2.75) is 39.2 Å². The van der Waals surface area contributed by atoms with Gasteiger partial charge in [0.1, 0.15) is 11.4 Å². The summed E-state index contributed by atoms with van der Waals surface area (Å²) in [6.45, 7) is 5.89. The molecule has 29 heavy (non-hydrogen) atoms. The lowest BCUT2D eigenvalue weighted by Gasteiger charge is -2.21. The second-order valence-corrected chi connectivity index (χ2v) is 8.27. The zero-order valence-electron chi connectivity index (χ0n) is 16.8. The van der Waals surface area contributed by atoms with Gasteiger partial charge in [0, 0.05) is 28.4 Å². The van der Waals surface area contributed by atoms with Crippen molar-refractivity contribution in [3.8, 4) is 11.1 Å². The molecule has 0 aliphatic carbocycles. The van der Waals surface area contributed by atoms with Crippen LogP contribution in [0.1, 0.15) is 32.8 Å². The molecule has 0 saturated carbocycles. The average molecular weight is 393 g/mol. The first-order valence-corrected chi connectivity index (χ1v) is 9.72. The number of fused-ring (bicyclic) bond motifs is 2. The Hall–Kier alpha value is -3.15. The van der Waals surface area contributed by atoms with Crippen LogP contribution in [-0.2, 0) is 11.2 Å². The number of ether oxygens (including phenoxy) is 1. The predicted octanol–water partition coefficient (Wildman–Crippen LogP) is 5.52. The van der Waals surface area contributed by atoms with Crippen molar-refractivity contribution < 1.29 is 13.9 Å². The van der Waals surface area contributed by atoms with Gasteiger partial charge >= 0.3 is 6.09 Å². The van der Waals surface area contributed by atoms with Crippen LogP contribution in [0.2, 0.25) is 0 Å². The van der Waals surface area contributed by atoms with E-state index in [4.69, 9.17) is 9.73 Å². The molecule has 3 aromatic rings. The van der Waals surface area contributed by atoms with E-state index in [0.29, 0.717) is 6.54 Å². The third-order valence-electron chi connectivity index (χ3n) is 4.83. The molecule has 0 fully saturated rings. The zero-order chi connectivity index (χ0) is 20.6. The Bertz CT molecular complexity index is 1110. The standard InChI is InChI=1S/C23H24FN3O2/c1-23(2,3)29-22(28)26-12-17-7-4-15-10-14(5-9-20(15)27-17)19-13-25-21-11-16(24)6-8-18(19)21/h5-6,8-11,13,25H,4,7,12H2,1-3H3,(H,26,28). The van der Waals surface area contributed by atoms with E-state index < -0.39 is 11.7 Å². The smallest absolute Gasteiger partial charge is 0.407 e. The third-order valence-corrected chi connectivity index (χ3v) is 4.83. The molecule has 2 heterocycles. The highest BCUT2D eigenvalue weighted by Crippen LogP contribution is 2.34. The summed E-state index contributed by atoms with van der Waals surface area (Å²) in [6.07, 6.45) is 3.12. The van der Waals surface area contributed by atoms with Crippen LogP contribution in [0, 0.1) is 5.82 Å². The van der Waals surface area contributed by atoms with Crippen LogP contribution in [0.5, 0.6) is 0 Å². The van der Waals surface area contributed by atoms with Crippen molar-refractivity contribution in [3.63, 3.8) is 0 Å². The summed E-state index contributed by atoms with van der Waals surface area (Å²) in [6, 6.07) is 11.0. The minimum Gasteiger partial charge on any atom is -0.444 e. The van der Waals surface area contributed by atoms with Gasteiger partial charge in [0.2, 0.25) is 0 Å². The fraction of sp³-hybridized carbons (Fsp3) is 0.304. The molecule has 2 aromatic carbocycles. The number of rotatable bonds is 3. The maximum absolute atomic E-state index is 13.4. The highest BCUT2D eigenvalue weighted by molar-refractivity contribution is 5.97. The molecule has 0 atom stereocenters. The number of aromatic amines is 1. The van der Waals surface area contributed by atoms with Crippen LogP contribution >= 0.6 is 0 Å². The lowest BCUT2D eigenvalue weighted by Crippen LogP contribution is -2.35. The van der Waals surface area contributed by atoms with Gasteiger partial charge in [0.05, 0.1) is 12.2 Å². The van der Waals surface area contributed by atoms with E-state index in [1.807, 2.05) is 39.1 Å². The number of amides is 1. The first-order valence-electron chi connectivity index (χ1n) is 9.72. The van der Waals surface area contributed by atoms with E-state index in [1.165, 1.54) is 17.7 Å². The molecule has 0 radical (unpaired) electrons. The molecule has 0 saturated heterocycles. The van der Waals surface area contributed by atoms with E-state index in [-0.39, 0.29) is 5.82 Å².